The molecule has 0 saturated carbocycles. The van der Waals surface area contributed by atoms with E-state index >= 15 is 0 Å². The molecular weight excluding hydrogens is 382 g/mol. The van der Waals surface area contributed by atoms with Gasteiger partial charge in [-0.1, -0.05) is 53.7 Å². The summed E-state index contributed by atoms with van der Waals surface area (Å²) in [6.07, 6.45) is 3.44. The first kappa shape index (κ1) is 23.2. The van der Waals surface area contributed by atoms with Gasteiger partial charge in [-0.15, -0.1) is 0 Å². The van der Waals surface area contributed by atoms with E-state index in [0.717, 1.165) is 29.0 Å². The molecular formula is C27H37N3O. The number of carbonyl (C=O) groups is 1. The lowest BCUT2D eigenvalue weighted by molar-refractivity contribution is -0.138. The van der Waals surface area contributed by atoms with Gasteiger partial charge in [-0.2, -0.15) is 5.10 Å². The van der Waals surface area contributed by atoms with Crippen LogP contribution in [0.4, 0.5) is 0 Å². The molecule has 1 aliphatic rings. The monoisotopic (exact) mass is 419 g/mol. The van der Waals surface area contributed by atoms with Gasteiger partial charge < -0.3 is 0 Å². The highest BCUT2D eigenvalue weighted by atomic mass is 16.2. The first-order chi connectivity index (χ1) is 14.5. The van der Waals surface area contributed by atoms with E-state index in [-0.39, 0.29) is 23.3 Å². The highest BCUT2D eigenvalue weighted by Crippen LogP contribution is 2.32. The Kier molecular flexibility index (Phi) is 6.68. The number of pyridine rings is 1. The number of benzene rings is 1. The molecule has 2 aromatic rings. The maximum Gasteiger partial charge on any atom is 0.246 e. The van der Waals surface area contributed by atoms with Crippen molar-refractivity contribution < 1.29 is 4.79 Å². The highest BCUT2D eigenvalue weighted by molar-refractivity contribution is 6.06. The van der Waals surface area contributed by atoms with Gasteiger partial charge in [0.1, 0.15) is 0 Å². The summed E-state index contributed by atoms with van der Waals surface area (Å²) >= 11 is 0. The van der Waals surface area contributed by atoms with E-state index in [0.29, 0.717) is 12.3 Å². The van der Waals surface area contributed by atoms with Crippen LogP contribution in [0.25, 0.3) is 11.3 Å². The SMILES string of the molecule is CCC1CC(c2ccc(-c3cc(C(C)(C)C)ccn3)cc2C(C)C)=NN(C(C)C)C1=O. The Labute approximate surface area is 187 Å². The number of hydrazone groups is 1. The average Bonchev–Trinajstić information content (AvgIpc) is 2.72. The molecule has 3 rings (SSSR count). The maximum atomic E-state index is 12.8. The van der Waals surface area contributed by atoms with E-state index in [9.17, 15) is 4.79 Å². The molecule has 0 N–H and O–H groups in total. The lowest BCUT2D eigenvalue weighted by Crippen LogP contribution is -2.42. The van der Waals surface area contributed by atoms with Gasteiger partial charge in [0.2, 0.25) is 5.91 Å². The van der Waals surface area contributed by atoms with Gasteiger partial charge in [0.15, 0.2) is 0 Å². The number of carbonyl (C=O) groups excluding carboxylic acids is 1. The van der Waals surface area contributed by atoms with Crippen molar-refractivity contribution in [3.05, 3.63) is 53.2 Å². The van der Waals surface area contributed by atoms with E-state index < -0.39 is 0 Å². The predicted octanol–water partition coefficient (Wildman–Crippen LogP) is 6.54. The van der Waals surface area contributed by atoms with Gasteiger partial charge in [-0.3, -0.25) is 9.78 Å². The van der Waals surface area contributed by atoms with Crippen molar-refractivity contribution in [3.8, 4) is 11.3 Å². The summed E-state index contributed by atoms with van der Waals surface area (Å²) in [5, 5.41) is 6.49. The van der Waals surface area contributed by atoms with Crippen LogP contribution >= 0.6 is 0 Å². The van der Waals surface area contributed by atoms with Gasteiger partial charge in [-0.05, 0) is 60.9 Å². The smallest absolute Gasteiger partial charge is 0.246 e. The summed E-state index contributed by atoms with van der Waals surface area (Å²) in [5.74, 6) is 0.487. The van der Waals surface area contributed by atoms with E-state index in [1.54, 1.807) is 5.01 Å². The zero-order valence-corrected chi connectivity index (χ0v) is 20.4. The summed E-state index contributed by atoms with van der Waals surface area (Å²) in [5.41, 5.74) is 6.91. The summed E-state index contributed by atoms with van der Waals surface area (Å²) in [4.78, 5) is 17.4. The standard InChI is InChI=1S/C27H37N3O/c1-9-19-15-25(29-30(18(4)5)26(19)31)22-11-10-20(14-23(22)17(2)3)24-16-21(12-13-28-24)27(6,7)8/h10-14,16-19H,9,15H2,1-8H3. The normalized spacial score (nSPS) is 17.5. The molecule has 0 fully saturated rings. The molecule has 31 heavy (non-hydrogen) atoms. The lowest BCUT2D eigenvalue weighted by Gasteiger charge is -2.32. The summed E-state index contributed by atoms with van der Waals surface area (Å²) in [6, 6.07) is 10.9. The minimum absolute atomic E-state index is 0.000257. The van der Waals surface area contributed by atoms with Crippen LogP contribution in [0, 0.1) is 5.92 Å². The van der Waals surface area contributed by atoms with Crippen molar-refractivity contribution in [2.75, 3.05) is 0 Å². The number of rotatable bonds is 5. The number of amides is 1. The van der Waals surface area contributed by atoms with Crippen LogP contribution in [0.2, 0.25) is 0 Å². The summed E-state index contributed by atoms with van der Waals surface area (Å²) in [7, 11) is 0. The zero-order valence-electron chi connectivity index (χ0n) is 20.4. The zero-order chi connectivity index (χ0) is 22.9. The molecule has 0 bridgehead atoms. The lowest BCUT2D eigenvalue weighted by atomic mass is 9.85. The Morgan fingerprint density at radius 1 is 1.10 bits per heavy atom. The van der Waals surface area contributed by atoms with Gasteiger partial charge in [0, 0.05) is 35.7 Å². The molecule has 166 valence electrons. The van der Waals surface area contributed by atoms with Crippen molar-refractivity contribution >= 4 is 11.6 Å². The molecule has 4 nitrogen and oxygen atoms in total. The van der Waals surface area contributed by atoms with Crippen molar-refractivity contribution in [1.29, 1.82) is 0 Å². The van der Waals surface area contributed by atoms with Gasteiger partial charge in [0.05, 0.1) is 11.4 Å². The third kappa shape index (κ3) is 4.89. The molecule has 1 atom stereocenters. The molecule has 1 aromatic heterocycles. The molecule has 4 heteroatoms. The van der Waals surface area contributed by atoms with Gasteiger partial charge in [0.25, 0.3) is 0 Å². The molecule has 0 spiro atoms. The molecule has 1 aromatic carbocycles. The van der Waals surface area contributed by atoms with Crippen molar-refractivity contribution in [3.63, 3.8) is 0 Å². The van der Waals surface area contributed by atoms with Crippen LogP contribution in [0.5, 0.6) is 0 Å². The topological polar surface area (TPSA) is 45.6 Å². The molecule has 1 aliphatic heterocycles. The number of hydrogen-bond donors (Lipinski definition) is 0. The van der Waals surface area contributed by atoms with Gasteiger partial charge >= 0.3 is 0 Å². The number of hydrogen-bond acceptors (Lipinski definition) is 3. The van der Waals surface area contributed by atoms with Crippen LogP contribution in [-0.4, -0.2) is 27.7 Å². The first-order valence-corrected chi connectivity index (χ1v) is 11.5. The second-order valence-corrected chi connectivity index (χ2v) is 10.3. The van der Waals surface area contributed by atoms with E-state index in [4.69, 9.17) is 5.10 Å². The van der Waals surface area contributed by atoms with Crippen LogP contribution in [0.3, 0.4) is 0 Å². The maximum absolute atomic E-state index is 12.8. The predicted molar refractivity (Wildman–Crippen MR) is 129 cm³/mol. The minimum atomic E-state index is -0.000257. The van der Waals surface area contributed by atoms with Crippen LogP contribution in [0.15, 0.2) is 41.6 Å². The van der Waals surface area contributed by atoms with E-state index in [1.807, 2.05) is 20.0 Å². The largest absolute Gasteiger partial charge is 0.273 e. The fraction of sp³-hybridized carbons (Fsp3) is 0.519. The van der Waals surface area contributed by atoms with Crippen molar-refractivity contribution in [2.45, 2.75) is 85.6 Å². The Morgan fingerprint density at radius 2 is 1.81 bits per heavy atom. The summed E-state index contributed by atoms with van der Waals surface area (Å²) in [6.45, 7) is 17.2. The third-order valence-electron chi connectivity index (χ3n) is 6.13. The van der Waals surface area contributed by atoms with Crippen molar-refractivity contribution in [2.24, 2.45) is 11.0 Å². The quantitative estimate of drug-likeness (QED) is 0.552. The Bertz CT molecular complexity index is 982. The molecule has 1 unspecified atom stereocenters. The second kappa shape index (κ2) is 8.94. The van der Waals surface area contributed by atoms with Crippen LogP contribution in [-0.2, 0) is 10.2 Å². The number of aromatic nitrogens is 1. The molecule has 0 aliphatic carbocycles. The molecule has 0 saturated heterocycles. The highest BCUT2D eigenvalue weighted by Gasteiger charge is 2.32. The van der Waals surface area contributed by atoms with E-state index in [2.05, 4.69) is 76.9 Å². The fourth-order valence-corrected chi connectivity index (χ4v) is 4.10. The number of nitrogens with zero attached hydrogens (tertiary/aromatic N) is 3. The fourth-order valence-electron chi connectivity index (χ4n) is 4.10. The first-order valence-electron chi connectivity index (χ1n) is 11.5. The van der Waals surface area contributed by atoms with E-state index in [1.165, 1.54) is 11.1 Å². The minimum Gasteiger partial charge on any atom is -0.273 e. The van der Waals surface area contributed by atoms with Gasteiger partial charge in [-0.25, -0.2) is 5.01 Å². The van der Waals surface area contributed by atoms with Crippen LogP contribution < -0.4 is 0 Å². The second-order valence-electron chi connectivity index (χ2n) is 10.3. The van der Waals surface area contributed by atoms with Crippen LogP contribution in [0.1, 0.15) is 90.8 Å². The molecule has 1 amide bonds. The Morgan fingerprint density at radius 3 is 2.39 bits per heavy atom. The molecule has 2 heterocycles. The molecule has 0 radical (unpaired) electrons. The Hall–Kier alpha value is -2.49. The Balaban J connectivity index is 2.08. The summed E-state index contributed by atoms with van der Waals surface area (Å²) < 4.78 is 0. The van der Waals surface area contributed by atoms with Crippen molar-refractivity contribution in [1.82, 2.24) is 9.99 Å². The average molecular weight is 420 g/mol. The third-order valence-corrected chi connectivity index (χ3v) is 6.13.